The number of amides is 1. The van der Waals surface area contributed by atoms with Gasteiger partial charge >= 0.3 is 6.43 Å². The van der Waals surface area contributed by atoms with Crippen molar-refractivity contribution in [1.29, 1.82) is 0 Å². The molecule has 4 heteroatoms. The van der Waals surface area contributed by atoms with Crippen LogP contribution < -0.4 is 0 Å². The van der Waals surface area contributed by atoms with Crippen molar-refractivity contribution >= 4 is 5.91 Å². The lowest BCUT2D eigenvalue weighted by molar-refractivity contribution is -0.143. The molecule has 1 fully saturated rings. The lowest BCUT2D eigenvalue weighted by Crippen LogP contribution is -2.39. The number of halogens is 2. The van der Waals surface area contributed by atoms with Crippen LogP contribution in [-0.2, 0) is 4.79 Å². The van der Waals surface area contributed by atoms with Gasteiger partial charge in [0.25, 0.3) is 5.91 Å². The van der Waals surface area contributed by atoms with Crippen LogP contribution in [0.4, 0.5) is 8.78 Å². The minimum atomic E-state index is -2.83. The highest BCUT2D eigenvalue weighted by molar-refractivity contribution is 5.79. The number of rotatable bonds is 1. The summed E-state index contributed by atoms with van der Waals surface area (Å²) in [4.78, 5) is 11.9. The maximum atomic E-state index is 11.8. The number of carbonyl (C=O) groups excluding carboxylic acids is 1. The van der Waals surface area contributed by atoms with Gasteiger partial charge < -0.3 is 4.90 Å². The fourth-order valence-electron chi connectivity index (χ4n) is 1.25. The molecule has 0 aromatic carbocycles. The van der Waals surface area contributed by atoms with E-state index >= 15 is 0 Å². The zero-order valence-corrected chi connectivity index (χ0v) is 10.9. The summed E-state index contributed by atoms with van der Waals surface area (Å²) in [7, 11) is 0. The van der Waals surface area contributed by atoms with Gasteiger partial charge in [-0.25, -0.2) is 0 Å². The topological polar surface area (TPSA) is 20.3 Å². The van der Waals surface area contributed by atoms with E-state index in [2.05, 4.69) is 13.8 Å². The maximum absolute atomic E-state index is 11.8. The Morgan fingerprint density at radius 2 is 1.50 bits per heavy atom. The second kappa shape index (κ2) is 12.4. The quantitative estimate of drug-likeness (QED) is 0.681. The molecule has 1 aliphatic rings. The molecule has 0 bridgehead atoms. The van der Waals surface area contributed by atoms with Crippen LogP contribution >= 0.6 is 0 Å². The van der Waals surface area contributed by atoms with Gasteiger partial charge in [-0.05, 0) is 19.3 Å². The molecule has 0 atom stereocenters. The highest BCUT2D eigenvalue weighted by atomic mass is 19.3. The first-order valence-corrected chi connectivity index (χ1v) is 6.20. The summed E-state index contributed by atoms with van der Waals surface area (Å²) < 4.78 is 23.6. The number of likely N-dealkylation sites (tertiary alicyclic amines) is 1. The van der Waals surface area contributed by atoms with E-state index in [0.717, 1.165) is 19.3 Å². The molecular weight excluding hydrogens is 212 g/mol. The molecule has 0 saturated carbocycles. The van der Waals surface area contributed by atoms with Crippen LogP contribution in [0.1, 0.15) is 53.4 Å². The molecule has 1 rings (SSSR count). The lowest BCUT2D eigenvalue weighted by Gasteiger charge is -2.26. The smallest absolute Gasteiger partial charge is 0.315 e. The Morgan fingerprint density at radius 3 is 1.81 bits per heavy atom. The molecule has 1 amide bonds. The molecule has 0 aromatic rings. The van der Waals surface area contributed by atoms with Crippen molar-refractivity contribution in [2.75, 3.05) is 13.1 Å². The van der Waals surface area contributed by atoms with E-state index in [-0.39, 0.29) is 0 Å². The molecule has 1 heterocycles. The van der Waals surface area contributed by atoms with Crippen LogP contribution in [0, 0.1) is 0 Å². The number of nitrogens with zero attached hydrogens (tertiary/aromatic N) is 1. The molecule has 16 heavy (non-hydrogen) atoms. The van der Waals surface area contributed by atoms with Crippen molar-refractivity contribution in [3.63, 3.8) is 0 Å². The average molecular weight is 237 g/mol. The van der Waals surface area contributed by atoms with Gasteiger partial charge in [0.15, 0.2) is 0 Å². The van der Waals surface area contributed by atoms with Gasteiger partial charge in [0.2, 0.25) is 0 Å². The molecule has 2 nitrogen and oxygen atoms in total. The van der Waals surface area contributed by atoms with Crippen LogP contribution in [0.15, 0.2) is 0 Å². The van der Waals surface area contributed by atoms with Crippen LogP contribution in [0.3, 0.4) is 0 Å². The zero-order chi connectivity index (χ0) is 13.0. The molecule has 0 spiro atoms. The Kier molecular flexibility index (Phi) is 13.7. The third-order valence-corrected chi connectivity index (χ3v) is 1.85. The van der Waals surface area contributed by atoms with E-state index in [1.54, 1.807) is 0 Å². The predicted molar refractivity (Wildman–Crippen MR) is 63.7 cm³/mol. The summed E-state index contributed by atoms with van der Waals surface area (Å²) in [6.07, 6.45) is 1.19. The van der Waals surface area contributed by atoms with Gasteiger partial charge in [-0.2, -0.15) is 8.78 Å². The fraction of sp³-hybridized carbons (Fsp3) is 0.917. The van der Waals surface area contributed by atoms with Gasteiger partial charge in [0.1, 0.15) is 0 Å². The maximum Gasteiger partial charge on any atom is 0.315 e. The normalized spacial score (nSPS) is 14.6. The number of alkyl halides is 2. The highest BCUT2D eigenvalue weighted by Gasteiger charge is 2.23. The molecule has 1 saturated heterocycles. The average Bonchev–Trinajstić information content (AvgIpc) is 2.33. The molecular formula is C12H25F2NO. The molecule has 0 aromatic heterocycles. The summed E-state index contributed by atoms with van der Waals surface area (Å²) in [5.74, 6) is -1.01. The number of hydrogen-bond donors (Lipinski definition) is 0. The van der Waals surface area contributed by atoms with E-state index in [1.165, 1.54) is 11.3 Å². The molecule has 0 N–H and O–H groups in total. The van der Waals surface area contributed by atoms with Crippen LogP contribution in [0.2, 0.25) is 0 Å². The van der Waals surface area contributed by atoms with Gasteiger partial charge in [-0.15, -0.1) is 0 Å². The summed E-state index contributed by atoms with van der Waals surface area (Å²) in [5, 5.41) is 0. The van der Waals surface area contributed by atoms with Crippen molar-refractivity contribution in [1.82, 2.24) is 4.90 Å². The summed E-state index contributed by atoms with van der Waals surface area (Å²) in [6, 6.07) is 0. The first-order chi connectivity index (χ1) is 7.63. The lowest BCUT2D eigenvalue weighted by atomic mass is 10.1. The Balaban J connectivity index is 0. The summed E-state index contributed by atoms with van der Waals surface area (Å²) in [6.45, 7) is 9.26. The molecule has 98 valence electrons. The van der Waals surface area contributed by atoms with Crippen LogP contribution in [0.5, 0.6) is 0 Å². The van der Waals surface area contributed by atoms with Crippen molar-refractivity contribution in [3.8, 4) is 0 Å². The van der Waals surface area contributed by atoms with Gasteiger partial charge in [-0.3, -0.25) is 4.79 Å². The minimum absolute atomic E-state index is 0.503. The Labute approximate surface area is 98.0 Å². The van der Waals surface area contributed by atoms with E-state index < -0.39 is 12.3 Å². The number of hydrogen-bond acceptors (Lipinski definition) is 1. The molecule has 0 unspecified atom stereocenters. The minimum Gasteiger partial charge on any atom is -0.338 e. The van der Waals surface area contributed by atoms with Crippen molar-refractivity contribution in [3.05, 3.63) is 0 Å². The second-order valence-electron chi connectivity index (χ2n) is 3.39. The molecule has 0 radical (unpaired) electrons. The SMILES string of the molecule is CC.CCC.O=C(C(F)F)N1CCCCC1. The molecule has 1 aliphatic heterocycles. The van der Waals surface area contributed by atoms with Crippen LogP contribution in [-0.4, -0.2) is 30.3 Å². The van der Waals surface area contributed by atoms with Gasteiger partial charge in [0, 0.05) is 13.1 Å². The predicted octanol–water partition coefficient (Wildman–Crippen LogP) is 3.71. The summed E-state index contributed by atoms with van der Waals surface area (Å²) in [5.41, 5.74) is 0. The summed E-state index contributed by atoms with van der Waals surface area (Å²) >= 11 is 0. The monoisotopic (exact) mass is 237 g/mol. The first-order valence-electron chi connectivity index (χ1n) is 6.20. The van der Waals surface area contributed by atoms with Crippen molar-refractivity contribution in [2.45, 2.75) is 59.8 Å². The first kappa shape index (κ1) is 17.7. The van der Waals surface area contributed by atoms with Crippen LogP contribution in [0.25, 0.3) is 0 Å². The van der Waals surface area contributed by atoms with E-state index in [0.29, 0.717) is 13.1 Å². The fourth-order valence-corrected chi connectivity index (χ4v) is 1.25. The third kappa shape index (κ3) is 8.62. The molecule has 0 aliphatic carbocycles. The van der Waals surface area contributed by atoms with Gasteiger partial charge in [-0.1, -0.05) is 34.1 Å². The van der Waals surface area contributed by atoms with Crippen molar-refractivity contribution in [2.24, 2.45) is 0 Å². The van der Waals surface area contributed by atoms with E-state index in [9.17, 15) is 13.6 Å². The zero-order valence-electron chi connectivity index (χ0n) is 10.9. The largest absolute Gasteiger partial charge is 0.338 e. The number of piperidine rings is 1. The Morgan fingerprint density at radius 1 is 1.12 bits per heavy atom. The highest BCUT2D eigenvalue weighted by Crippen LogP contribution is 2.11. The standard InChI is InChI=1S/C7H11F2NO.C3H8.C2H6/c8-6(9)7(11)10-4-2-1-3-5-10;1-3-2;1-2/h6H,1-5H2;3H2,1-2H3;1-2H3. The van der Waals surface area contributed by atoms with Crippen molar-refractivity contribution < 1.29 is 13.6 Å². The van der Waals surface area contributed by atoms with Gasteiger partial charge in [0.05, 0.1) is 0 Å². The third-order valence-electron chi connectivity index (χ3n) is 1.85. The van der Waals surface area contributed by atoms with E-state index in [4.69, 9.17) is 0 Å². The second-order valence-corrected chi connectivity index (χ2v) is 3.39. The number of carbonyl (C=O) groups is 1. The Bertz CT molecular complexity index is 157. The Hall–Kier alpha value is -0.670. The van der Waals surface area contributed by atoms with E-state index in [1.807, 2.05) is 13.8 Å².